The van der Waals surface area contributed by atoms with E-state index in [-0.39, 0.29) is 5.69 Å². The van der Waals surface area contributed by atoms with Crippen LogP contribution in [0.25, 0.3) is 0 Å². The van der Waals surface area contributed by atoms with Gasteiger partial charge in [0.15, 0.2) is 0 Å². The van der Waals surface area contributed by atoms with Gasteiger partial charge in [0.1, 0.15) is 5.82 Å². The summed E-state index contributed by atoms with van der Waals surface area (Å²) < 4.78 is 38.5. The monoisotopic (exact) mass is 247 g/mol. The minimum Gasteiger partial charge on any atom is -0.332 e. The lowest BCUT2D eigenvalue weighted by Crippen LogP contribution is -2.43. The van der Waals surface area contributed by atoms with Crippen molar-refractivity contribution in [3.63, 3.8) is 0 Å². The minimum absolute atomic E-state index is 0.0823. The van der Waals surface area contributed by atoms with E-state index in [0.717, 1.165) is 6.07 Å². The Labute approximate surface area is 96.0 Å². The number of para-hydroxylation sites is 1. The van der Waals surface area contributed by atoms with Crippen molar-refractivity contribution in [3.05, 3.63) is 30.1 Å². The molecule has 0 bridgehead atoms. The van der Waals surface area contributed by atoms with E-state index >= 15 is 0 Å². The Balaban J connectivity index is 2.48. The van der Waals surface area contributed by atoms with E-state index in [1.54, 1.807) is 0 Å². The maximum absolute atomic E-state index is 13.1. The maximum atomic E-state index is 13.1. The molecule has 0 aliphatic carbocycles. The zero-order chi connectivity index (χ0) is 12.9. The molecule has 2 amide bonds. The van der Waals surface area contributed by atoms with Crippen LogP contribution in [0.15, 0.2) is 24.3 Å². The number of hydrogen-bond donors (Lipinski definition) is 3. The van der Waals surface area contributed by atoms with Crippen molar-refractivity contribution in [1.82, 2.24) is 5.32 Å². The van der Waals surface area contributed by atoms with Gasteiger partial charge in [-0.1, -0.05) is 12.1 Å². The summed E-state index contributed by atoms with van der Waals surface area (Å²) >= 11 is 0. The number of halogens is 3. The molecule has 1 aromatic carbocycles. The third-order valence-corrected chi connectivity index (χ3v) is 1.93. The molecule has 0 aromatic heterocycles. The van der Waals surface area contributed by atoms with Crippen molar-refractivity contribution in [3.8, 4) is 0 Å². The summed E-state index contributed by atoms with van der Waals surface area (Å²) in [4.78, 5) is 11.2. The van der Waals surface area contributed by atoms with Crippen LogP contribution in [-0.4, -0.2) is 25.0 Å². The first-order valence-corrected chi connectivity index (χ1v) is 4.82. The predicted octanol–water partition coefficient (Wildman–Crippen LogP) is 1.54. The van der Waals surface area contributed by atoms with Crippen LogP contribution in [-0.2, 0) is 0 Å². The molecule has 4 N–H and O–H groups in total. The molecule has 17 heavy (non-hydrogen) atoms. The number of anilines is 1. The van der Waals surface area contributed by atoms with Crippen molar-refractivity contribution in [2.75, 3.05) is 18.4 Å². The van der Waals surface area contributed by atoms with Gasteiger partial charge in [-0.15, -0.1) is 0 Å². The number of urea groups is 1. The Bertz CT molecular complexity index is 398. The molecule has 0 saturated carbocycles. The number of carbonyl (C=O) groups excluding carboxylic acids is 1. The number of benzene rings is 1. The van der Waals surface area contributed by atoms with Gasteiger partial charge < -0.3 is 16.4 Å². The number of amides is 2. The highest BCUT2D eigenvalue weighted by molar-refractivity contribution is 5.89. The van der Waals surface area contributed by atoms with Crippen LogP contribution in [0.2, 0.25) is 0 Å². The van der Waals surface area contributed by atoms with Crippen molar-refractivity contribution in [2.45, 2.75) is 5.92 Å². The first-order chi connectivity index (χ1) is 7.94. The normalized spacial score (nSPS) is 11.1. The average Bonchev–Trinajstić information content (AvgIpc) is 2.30. The molecule has 0 heterocycles. The third-order valence-electron chi connectivity index (χ3n) is 1.93. The second-order valence-electron chi connectivity index (χ2n) is 3.35. The molecule has 0 aliphatic heterocycles. The topological polar surface area (TPSA) is 67.1 Å². The molecule has 0 spiro atoms. The lowest BCUT2D eigenvalue weighted by atomic mass is 10.3. The second kappa shape index (κ2) is 5.53. The molecule has 4 nitrogen and oxygen atoms in total. The highest BCUT2D eigenvalue weighted by atomic mass is 19.3. The van der Waals surface area contributed by atoms with E-state index in [2.05, 4.69) is 5.32 Å². The standard InChI is InChI=1S/C10H12F3N3O/c11-7-3-1-2-4-8(7)16-9(17)15-6-10(12,13)5-14/h1-4H,5-6,14H2,(H2,15,16,17). The van der Waals surface area contributed by atoms with Gasteiger partial charge in [0.05, 0.1) is 18.8 Å². The van der Waals surface area contributed by atoms with Crippen molar-refractivity contribution >= 4 is 11.7 Å². The van der Waals surface area contributed by atoms with Gasteiger partial charge in [0, 0.05) is 0 Å². The highest BCUT2D eigenvalue weighted by Gasteiger charge is 2.27. The number of nitrogens with two attached hydrogens (primary N) is 1. The van der Waals surface area contributed by atoms with E-state index in [9.17, 15) is 18.0 Å². The zero-order valence-electron chi connectivity index (χ0n) is 8.84. The smallest absolute Gasteiger partial charge is 0.319 e. The van der Waals surface area contributed by atoms with Gasteiger partial charge in [-0.25, -0.2) is 18.0 Å². The summed E-state index contributed by atoms with van der Waals surface area (Å²) in [6, 6.07) is 4.50. The van der Waals surface area contributed by atoms with Crippen LogP contribution in [0, 0.1) is 5.82 Å². The molecule has 0 aliphatic rings. The number of hydrogen-bond acceptors (Lipinski definition) is 2. The highest BCUT2D eigenvalue weighted by Crippen LogP contribution is 2.12. The first-order valence-electron chi connectivity index (χ1n) is 4.82. The van der Waals surface area contributed by atoms with Gasteiger partial charge in [0.25, 0.3) is 5.92 Å². The third kappa shape index (κ3) is 4.31. The molecule has 94 valence electrons. The fourth-order valence-corrected chi connectivity index (χ4v) is 1.01. The Kier molecular flexibility index (Phi) is 4.33. The Hall–Kier alpha value is -1.76. The van der Waals surface area contributed by atoms with Gasteiger partial charge in [-0.3, -0.25) is 0 Å². The lowest BCUT2D eigenvalue weighted by molar-refractivity contribution is 0.0148. The molecule has 0 unspecified atom stereocenters. The molecule has 1 aromatic rings. The number of carbonyl (C=O) groups is 1. The van der Waals surface area contributed by atoms with Crippen LogP contribution in [0.1, 0.15) is 0 Å². The summed E-state index contributed by atoms with van der Waals surface area (Å²) in [6.07, 6.45) is 0. The van der Waals surface area contributed by atoms with Crippen LogP contribution in [0.4, 0.5) is 23.7 Å². The van der Waals surface area contributed by atoms with Crippen molar-refractivity contribution < 1.29 is 18.0 Å². The summed E-state index contributed by atoms with van der Waals surface area (Å²) in [6.45, 7) is -1.77. The van der Waals surface area contributed by atoms with E-state index < -0.39 is 30.9 Å². The molecule has 7 heteroatoms. The molecule has 0 fully saturated rings. The average molecular weight is 247 g/mol. The quantitative estimate of drug-likeness (QED) is 0.755. The van der Waals surface area contributed by atoms with E-state index in [4.69, 9.17) is 5.73 Å². The zero-order valence-corrected chi connectivity index (χ0v) is 8.84. The molecular weight excluding hydrogens is 235 g/mol. The summed E-state index contributed by atoms with van der Waals surface area (Å²) in [7, 11) is 0. The Morgan fingerprint density at radius 1 is 1.35 bits per heavy atom. The maximum Gasteiger partial charge on any atom is 0.319 e. The largest absolute Gasteiger partial charge is 0.332 e. The Morgan fingerprint density at radius 2 is 2.00 bits per heavy atom. The fraction of sp³-hybridized carbons (Fsp3) is 0.300. The first kappa shape index (κ1) is 13.3. The fourth-order valence-electron chi connectivity index (χ4n) is 1.01. The Morgan fingerprint density at radius 3 is 2.59 bits per heavy atom. The van der Waals surface area contributed by atoms with E-state index in [1.165, 1.54) is 18.2 Å². The van der Waals surface area contributed by atoms with Gasteiger partial charge >= 0.3 is 6.03 Å². The van der Waals surface area contributed by atoms with Gasteiger partial charge in [-0.05, 0) is 12.1 Å². The van der Waals surface area contributed by atoms with Crippen LogP contribution >= 0.6 is 0 Å². The number of nitrogens with one attached hydrogen (secondary N) is 2. The number of rotatable bonds is 4. The van der Waals surface area contributed by atoms with Crippen LogP contribution in [0.3, 0.4) is 0 Å². The molecule has 1 rings (SSSR count). The summed E-state index contributed by atoms with van der Waals surface area (Å²) in [5.74, 6) is -3.82. The predicted molar refractivity (Wildman–Crippen MR) is 57.4 cm³/mol. The summed E-state index contributed by atoms with van der Waals surface area (Å²) in [5.41, 5.74) is 4.71. The SMILES string of the molecule is NCC(F)(F)CNC(=O)Nc1ccccc1F. The summed E-state index contributed by atoms with van der Waals surface area (Å²) in [5, 5.41) is 4.01. The van der Waals surface area contributed by atoms with Crippen molar-refractivity contribution in [1.29, 1.82) is 0 Å². The van der Waals surface area contributed by atoms with Gasteiger partial charge in [0.2, 0.25) is 0 Å². The molecular formula is C10H12F3N3O. The minimum atomic E-state index is -3.17. The van der Waals surface area contributed by atoms with Gasteiger partial charge in [-0.2, -0.15) is 0 Å². The second-order valence-corrected chi connectivity index (χ2v) is 3.35. The lowest BCUT2D eigenvalue weighted by Gasteiger charge is -2.15. The number of alkyl halides is 2. The molecule has 0 radical (unpaired) electrons. The van der Waals surface area contributed by atoms with Crippen LogP contribution in [0.5, 0.6) is 0 Å². The van der Waals surface area contributed by atoms with E-state index in [1.807, 2.05) is 5.32 Å². The molecule has 0 atom stereocenters. The van der Waals surface area contributed by atoms with E-state index in [0.29, 0.717) is 0 Å². The van der Waals surface area contributed by atoms with Crippen LogP contribution < -0.4 is 16.4 Å². The molecule has 0 saturated heterocycles. The van der Waals surface area contributed by atoms with Crippen molar-refractivity contribution in [2.24, 2.45) is 5.73 Å².